The molecule has 1 aromatic heterocycles. The van der Waals surface area contributed by atoms with Gasteiger partial charge in [-0.15, -0.1) is 0 Å². The Morgan fingerprint density at radius 1 is 1.33 bits per heavy atom. The van der Waals surface area contributed by atoms with Crippen molar-refractivity contribution >= 4 is 17.0 Å². The number of hydrogen-bond donors (Lipinski definition) is 1. The van der Waals surface area contributed by atoms with Crippen LogP contribution in [0, 0.1) is 0 Å². The Hall–Kier alpha value is -1.88. The highest BCUT2D eigenvalue weighted by Crippen LogP contribution is 2.23. The van der Waals surface area contributed by atoms with Gasteiger partial charge in [0.05, 0.1) is 22.9 Å². The normalized spacial score (nSPS) is 18.0. The summed E-state index contributed by atoms with van der Waals surface area (Å²) in [7, 11) is 0. The van der Waals surface area contributed by atoms with E-state index < -0.39 is 5.97 Å². The maximum absolute atomic E-state index is 11.4. The fourth-order valence-corrected chi connectivity index (χ4v) is 3.20. The second-order valence-corrected chi connectivity index (χ2v) is 5.84. The number of aromatic nitrogens is 2. The zero-order valence-electron chi connectivity index (χ0n) is 12.3. The summed E-state index contributed by atoms with van der Waals surface area (Å²) < 4.78 is 2.01. The monoisotopic (exact) mass is 287 g/mol. The van der Waals surface area contributed by atoms with Gasteiger partial charge in [-0.2, -0.15) is 0 Å². The number of hydrogen-bond acceptors (Lipinski definition) is 3. The van der Waals surface area contributed by atoms with E-state index in [1.165, 1.54) is 19.3 Å². The predicted molar refractivity (Wildman–Crippen MR) is 81.7 cm³/mol. The minimum atomic E-state index is -0.896. The van der Waals surface area contributed by atoms with Crippen LogP contribution < -0.4 is 0 Å². The van der Waals surface area contributed by atoms with Crippen molar-refractivity contribution in [3.63, 3.8) is 0 Å². The van der Waals surface area contributed by atoms with E-state index in [4.69, 9.17) is 0 Å². The van der Waals surface area contributed by atoms with E-state index in [2.05, 4.69) is 16.8 Å². The van der Waals surface area contributed by atoms with Crippen LogP contribution in [-0.4, -0.2) is 45.2 Å². The lowest BCUT2D eigenvalue weighted by molar-refractivity contribution is 0.0698. The number of aromatic carboxylic acids is 1. The average Bonchev–Trinajstić information content (AvgIpc) is 2.92. The summed E-state index contributed by atoms with van der Waals surface area (Å²) in [4.78, 5) is 18.2. The molecule has 1 atom stereocenters. The van der Waals surface area contributed by atoms with Gasteiger partial charge in [-0.3, -0.25) is 0 Å². The van der Waals surface area contributed by atoms with E-state index in [0.717, 1.165) is 30.7 Å². The van der Waals surface area contributed by atoms with E-state index >= 15 is 0 Å². The first-order chi connectivity index (χ1) is 10.2. The van der Waals surface area contributed by atoms with Crippen LogP contribution in [0.5, 0.6) is 0 Å². The third-order valence-electron chi connectivity index (χ3n) is 4.27. The summed E-state index contributed by atoms with van der Waals surface area (Å²) in [6, 6.07) is 5.48. The number of nitrogens with zero attached hydrogens (tertiary/aromatic N) is 3. The first kappa shape index (κ1) is 14.1. The van der Waals surface area contributed by atoms with Crippen molar-refractivity contribution in [2.75, 3.05) is 19.6 Å². The van der Waals surface area contributed by atoms with Crippen molar-refractivity contribution in [1.29, 1.82) is 0 Å². The molecule has 0 saturated carbocycles. The van der Waals surface area contributed by atoms with Crippen LogP contribution in [0.4, 0.5) is 0 Å². The molecule has 1 fully saturated rings. The van der Waals surface area contributed by atoms with Gasteiger partial charge in [0.15, 0.2) is 0 Å². The van der Waals surface area contributed by atoms with Crippen molar-refractivity contribution in [1.82, 2.24) is 14.5 Å². The Labute approximate surface area is 124 Å². The summed E-state index contributed by atoms with van der Waals surface area (Å²) in [5, 5.41) is 9.38. The van der Waals surface area contributed by atoms with Gasteiger partial charge in [0.25, 0.3) is 0 Å². The molecule has 0 spiro atoms. The largest absolute Gasteiger partial charge is 0.478 e. The first-order valence-electron chi connectivity index (χ1n) is 7.58. The molecule has 2 heterocycles. The molecule has 112 valence electrons. The summed E-state index contributed by atoms with van der Waals surface area (Å²) >= 11 is 0. The average molecular weight is 287 g/mol. The zero-order valence-corrected chi connectivity index (χ0v) is 12.3. The molecule has 5 heteroatoms. The molecular weight excluding hydrogens is 266 g/mol. The molecule has 5 nitrogen and oxygen atoms in total. The van der Waals surface area contributed by atoms with E-state index in [0.29, 0.717) is 5.56 Å². The highest BCUT2D eigenvalue weighted by molar-refractivity contribution is 6.01. The van der Waals surface area contributed by atoms with Crippen LogP contribution in [-0.2, 0) is 0 Å². The van der Waals surface area contributed by atoms with Gasteiger partial charge < -0.3 is 14.6 Å². The van der Waals surface area contributed by atoms with E-state index in [-0.39, 0.29) is 6.04 Å². The van der Waals surface area contributed by atoms with Crippen LogP contribution in [0.3, 0.4) is 0 Å². The predicted octanol–water partition coefficient (Wildman–Crippen LogP) is 2.78. The topological polar surface area (TPSA) is 58.4 Å². The molecule has 0 radical (unpaired) electrons. The molecule has 21 heavy (non-hydrogen) atoms. The molecule has 1 aromatic carbocycles. The maximum Gasteiger partial charge on any atom is 0.337 e. The number of carboxylic acid groups (broad SMARTS) is 1. The quantitative estimate of drug-likeness (QED) is 0.939. The summed E-state index contributed by atoms with van der Waals surface area (Å²) in [5.41, 5.74) is 1.81. The van der Waals surface area contributed by atoms with Crippen molar-refractivity contribution in [2.45, 2.75) is 32.2 Å². The standard InChI is InChI=1S/C16H21N3O2/c1-12(10-18-8-3-2-4-9-18)19-11-17-14-7-5-6-13(15(14)19)16(20)21/h5-7,11-12H,2-4,8-10H2,1H3,(H,20,21). The first-order valence-corrected chi connectivity index (χ1v) is 7.58. The minimum Gasteiger partial charge on any atom is -0.478 e. The van der Waals surface area contributed by atoms with E-state index in [1.807, 2.05) is 10.6 Å². The lowest BCUT2D eigenvalue weighted by atomic mass is 10.1. The molecule has 0 aliphatic carbocycles. The van der Waals surface area contributed by atoms with Crippen LogP contribution in [0.25, 0.3) is 11.0 Å². The van der Waals surface area contributed by atoms with Crippen molar-refractivity contribution < 1.29 is 9.90 Å². The fourth-order valence-electron chi connectivity index (χ4n) is 3.20. The number of imidazole rings is 1. The number of likely N-dealkylation sites (tertiary alicyclic amines) is 1. The molecule has 1 aliphatic rings. The molecule has 3 rings (SSSR count). The Morgan fingerprint density at radius 3 is 2.81 bits per heavy atom. The molecule has 1 N–H and O–H groups in total. The molecule has 1 aliphatic heterocycles. The number of rotatable bonds is 4. The van der Waals surface area contributed by atoms with Gasteiger partial charge in [0, 0.05) is 12.6 Å². The van der Waals surface area contributed by atoms with Gasteiger partial charge >= 0.3 is 5.97 Å². The van der Waals surface area contributed by atoms with Crippen LogP contribution in [0.2, 0.25) is 0 Å². The van der Waals surface area contributed by atoms with Crippen LogP contribution in [0.15, 0.2) is 24.5 Å². The smallest absolute Gasteiger partial charge is 0.337 e. The SMILES string of the molecule is CC(CN1CCCCC1)n1cnc2cccc(C(=O)O)c21. The molecular formula is C16H21N3O2. The number of carboxylic acids is 1. The number of para-hydroxylation sites is 1. The number of benzene rings is 1. The Kier molecular flexibility index (Phi) is 3.92. The fraction of sp³-hybridized carbons (Fsp3) is 0.500. The van der Waals surface area contributed by atoms with Crippen molar-refractivity contribution in [3.8, 4) is 0 Å². The lowest BCUT2D eigenvalue weighted by Gasteiger charge is -2.29. The second kappa shape index (κ2) is 5.85. The molecule has 1 saturated heterocycles. The van der Waals surface area contributed by atoms with E-state index in [1.54, 1.807) is 18.5 Å². The Balaban J connectivity index is 1.90. The number of carbonyl (C=O) groups is 1. The van der Waals surface area contributed by atoms with E-state index in [9.17, 15) is 9.90 Å². The minimum absolute atomic E-state index is 0.216. The number of piperidine rings is 1. The van der Waals surface area contributed by atoms with Gasteiger partial charge in [-0.25, -0.2) is 9.78 Å². The third-order valence-corrected chi connectivity index (χ3v) is 4.27. The zero-order chi connectivity index (χ0) is 14.8. The summed E-state index contributed by atoms with van der Waals surface area (Å²) in [5.74, 6) is -0.896. The number of fused-ring (bicyclic) bond motifs is 1. The molecule has 2 aromatic rings. The molecule has 1 unspecified atom stereocenters. The van der Waals surface area contributed by atoms with Gasteiger partial charge in [-0.1, -0.05) is 12.5 Å². The molecule has 0 bridgehead atoms. The molecule has 0 amide bonds. The Bertz CT molecular complexity index is 644. The van der Waals surface area contributed by atoms with Gasteiger partial charge in [0.1, 0.15) is 0 Å². The van der Waals surface area contributed by atoms with Crippen molar-refractivity contribution in [2.24, 2.45) is 0 Å². The summed E-state index contributed by atoms with van der Waals surface area (Å²) in [6.07, 6.45) is 5.61. The van der Waals surface area contributed by atoms with Crippen molar-refractivity contribution in [3.05, 3.63) is 30.1 Å². The maximum atomic E-state index is 11.4. The Morgan fingerprint density at radius 2 is 2.10 bits per heavy atom. The highest BCUT2D eigenvalue weighted by Gasteiger charge is 2.19. The van der Waals surface area contributed by atoms with Gasteiger partial charge in [0.2, 0.25) is 0 Å². The highest BCUT2D eigenvalue weighted by atomic mass is 16.4. The van der Waals surface area contributed by atoms with Crippen LogP contribution >= 0.6 is 0 Å². The second-order valence-electron chi connectivity index (χ2n) is 5.84. The van der Waals surface area contributed by atoms with Crippen LogP contribution in [0.1, 0.15) is 42.6 Å². The lowest BCUT2D eigenvalue weighted by Crippen LogP contribution is -2.34. The summed E-state index contributed by atoms with van der Waals surface area (Å²) in [6.45, 7) is 5.36. The van der Waals surface area contributed by atoms with Gasteiger partial charge in [-0.05, 0) is 45.0 Å². The third kappa shape index (κ3) is 2.78.